The SMILES string of the molecule is CC1(C(=O)O)CCCN(C(=O)NCc2ccncc2)C1. The molecule has 0 radical (unpaired) electrons. The lowest BCUT2D eigenvalue weighted by atomic mass is 9.82. The standard InChI is InChI=1S/C14H19N3O3/c1-14(12(18)19)5-2-8-17(10-14)13(20)16-9-11-3-6-15-7-4-11/h3-4,6-7H,2,5,8-10H2,1H3,(H,16,20)(H,18,19). The van der Waals surface area contributed by atoms with Crippen LogP contribution in [0.3, 0.4) is 0 Å². The maximum Gasteiger partial charge on any atom is 0.317 e. The molecule has 1 aliphatic rings. The lowest BCUT2D eigenvalue weighted by Crippen LogP contribution is -2.51. The van der Waals surface area contributed by atoms with E-state index in [0.717, 1.165) is 5.56 Å². The van der Waals surface area contributed by atoms with E-state index in [4.69, 9.17) is 0 Å². The number of hydrogen-bond acceptors (Lipinski definition) is 3. The van der Waals surface area contributed by atoms with Crippen LogP contribution in [0.25, 0.3) is 0 Å². The topological polar surface area (TPSA) is 82.5 Å². The Morgan fingerprint density at radius 3 is 2.80 bits per heavy atom. The molecule has 6 heteroatoms. The van der Waals surface area contributed by atoms with Gasteiger partial charge in [0.2, 0.25) is 0 Å². The Hall–Kier alpha value is -2.11. The number of urea groups is 1. The summed E-state index contributed by atoms with van der Waals surface area (Å²) in [5.74, 6) is -0.843. The van der Waals surface area contributed by atoms with Gasteiger partial charge in [-0.25, -0.2) is 4.79 Å². The number of aromatic nitrogens is 1. The highest BCUT2D eigenvalue weighted by atomic mass is 16.4. The Morgan fingerprint density at radius 1 is 1.45 bits per heavy atom. The number of hydrogen-bond donors (Lipinski definition) is 2. The van der Waals surface area contributed by atoms with Crippen molar-refractivity contribution in [2.24, 2.45) is 5.41 Å². The molecule has 0 spiro atoms. The lowest BCUT2D eigenvalue weighted by Gasteiger charge is -2.37. The maximum absolute atomic E-state index is 12.1. The minimum Gasteiger partial charge on any atom is -0.481 e. The van der Waals surface area contributed by atoms with Gasteiger partial charge in [-0.15, -0.1) is 0 Å². The van der Waals surface area contributed by atoms with Gasteiger partial charge in [0.1, 0.15) is 0 Å². The average molecular weight is 277 g/mol. The van der Waals surface area contributed by atoms with Crippen LogP contribution in [0, 0.1) is 5.41 Å². The van der Waals surface area contributed by atoms with E-state index in [1.807, 2.05) is 12.1 Å². The highest BCUT2D eigenvalue weighted by Gasteiger charge is 2.39. The average Bonchev–Trinajstić information content (AvgIpc) is 2.46. The van der Waals surface area contributed by atoms with Gasteiger partial charge in [0.15, 0.2) is 0 Å². The minimum absolute atomic E-state index is 0.214. The molecular weight excluding hydrogens is 258 g/mol. The number of carbonyl (C=O) groups excluding carboxylic acids is 1. The van der Waals surface area contributed by atoms with Crippen molar-refractivity contribution in [1.82, 2.24) is 15.2 Å². The molecule has 2 rings (SSSR count). The second kappa shape index (κ2) is 5.90. The molecule has 6 nitrogen and oxygen atoms in total. The van der Waals surface area contributed by atoms with Gasteiger partial charge in [-0.05, 0) is 37.5 Å². The maximum atomic E-state index is 12.1. The molecule has 0 bridgehead atoms. The van der Waals surface area contributed by atoms with Crippen molar-refractivity contribution < 1.29 is 14.7 Å². The van der Waals surface area contributed by atoms with Gasteiger partial charge in [-0.3, -0.25) is 9.78 Å². The molecule has 1 unspecified atom stereocenters. The highest BCUT2D eigenvalue weighted by Crippen LogP contribution is 2.29. The number of nitrogens with one attached hydrogen (secondary N) is 1. The minimum atomic E-state index is -0.843. The highest BCUT2D eigenvalue weighted by molar-refractivity contribution is 5.78. The van der Waals surface area contributed by atoms with Gasteiger partial charge in [0.25, 0.3) is 0 Å². The number of piperidine rings is 1. The van der Waals surface area contributed by atoms with Crippen LogP contribution in [-0.2, 0) is 11.3 Å². The van der Waals surface area contributed by atoms with Gasteiger partial charge < -0.3 is 15.3 Å². The first-order valence-corrected chi connectivity index (χ1v) is 6.66. The van der Waals surface area contributed by atoms with Crippen molar-refractivity contribution in [3.05, 3.63) is 30.1 Å². The van der Waals surface area contributed by atoms with Crippen LogP contribution < -0.4 is 5.32 Å². The van der Waals surface area contributed by atoms with Crippen LogP contribution >= 0.6 is 0 Å². The number of nitrogens with zero attached hydrogens (tertiary/aromatic N) is 2. The first kappa shape index (κ1) is 14.3. The Labute approximate surface area is 117 Å². The van der Waals surface area contributed by atoms with Crippen LogP contribution in [-0.4, -0.2) is 40.1 Å². The van der Waals surface area contributed by atoms with Gasteiger partial charge in [0.05, 0.1) is 5.41 Å². The van der Waals surface area contributed by atoms with Crippen molar-refractivity contribution in [1.29, 1.82) is 0 Å². The molecule has 0 saturated carbocycles. The van der Waals surface area contributed by atoms with E-state index in [1.165, 1.54) is 0 Å². The number of amides is 2. The number of aliphatic carboxylic acids is 1. The fourth-order valence-corrected chi connectivity index (χ4v) is 2.38. The van der Waals surface area contributed by atoms with Crippen LogP contribution in [0.2, 0.25) is 0 Å². The normalized spacial score (nSPS) is 22.4. The summed E-state index contributed by atoms with van der Waals surface area (Å²) in [6.45, 7) is 2.97. The fraction of sp³-hybridized carbons (Fsp3) is 0.500. The van der Waals surface area contributed by atoms with E-state index in [1.54, 1.807) is 24.2 Å². The Kier molecular flexibility index (Phi) is 4.22. The zero-order chi connectivity index (χ0) is 14.6. The number of pyridine rings is 1. The van der Waals surface area contributed by atoms with Gasteiger partial charge in [0, 0.05) is 32.0 Å². The smallest absolute Gasteiger partial charge is 0.317 e. The summed E-state index contributed by atoms with van der Waals surface area (Å²) < 4.78 is 0. The molecule has 2 N–H and O–H groups in total. The molecule has 1 aliphatic heterocycles. The Morgan fingerprint density at radius 2 is 2.15 bits per heavy atom. The first-order chi connectivity index (χ1) is 9.51. The van der Waals surface area contributed by atoms with Crippen molar-refractivity contribution >= 4 is 12.0 Å². The fourth-order valence-electron chi connectivity index (χ4n) is 2.38. The van der Waals surface area contributed by atoms with Crippen molar-refractivity contribution in [3.63, 3.8) is 0 Å². The second-order valence-electron chi connectivity index (χ2n) is 5.41. The molecule has 2 amide bonds. The third-order valence-corrected chi connectivity index (χ3v) is 3.69. The van der Waals surface area contributed by atoms with Crippen LogP contribution in [0.5, 0.6) is 0 Å². The molecule has 1 atom stereocenters. The predicted molar refractivity (Wildman–Crippen MR) is 73.0 cm³/mol. The molecule has 20 heavy (non-hydrogen) atoms. The van der Waals surface area contributed by atoms with Crippen molar-refractivity contribution in [2.75, 3.05) is 13.1 Å². The van der Waals surface area contributed by atoms with Crippen LogP contribution in [0.15, 0.2) is 24.5 Å². The van der Waals surface area contributed by atoms with Gasteiger partial charge in [-0.2, -0.15) is 0 Å². The zero-order valence-corrected chi connectivity index (χ0v) is 11.5. The van der Waals surface area contributed by atoms with E-state index in [2.05, 4.69) is 10.3 Å². The van der Waals surface area contributed by atoms with Crippen LogP contribution in [0.1, 0.15) is 25.3 Å². The summed E-state index contributed by atoms with van der Waals surface area (Å²) in [7, 11) is 0. The summed E-state index contributed by atoms with van der Waals surface area (Å²) in [6.07, 6.45) is 4.66. The monoisotopic (exact) mass is 277 g/mol. The van der Waals surface area contributed by atoms with E-state index in [9.17, 15) is 14.7 Å². The van der Waals surface area contributed by atoms with E-state index in [-0.39, 0.29) is 12.6 Å². The number of carboxylic acids is 1. The third-order valence-electron chi connectivity index (χ3n) is 3.69. The zero-order valence-electron chi connectivity index (χ0n) is 11.5. The molecule has 1 saturated heterocycles. The molecule has 108 valence electrons. The largest absolute Gasteiger partial charge is 0.481 e. The van der Waals surface area contributed by atoms with Crippen molar-refractivity contribution in [2.45, 2.75) is 26.3 Å². The molecule has 1 aromatic heterocycles. The number of carbonyl (C=O) groups is 2. The predicted octanol–water partition coefficient (Wildman–Crippen LogP) is 1.48. The van der Waals surface area contributed by atoms with E-state index in [0.29, 0.717) is 25.9 Å². The quantitative estimate of drug-likeness (QED) is 0.876. The number of likely N-dealkylation sites (tertiary alicyclic amines) is 1. The molecule has 1 fully saturated rings. The second-order valence-corrected chi connectivity index (χ2v) is 5.41. The number of carboxylic acid groups (broad SMARTS) is 1. The molecule has 2 heterocycles. The Balaban J connectivity index is 1.91. The molecular formula is C14H19N3O3. The van der Waals surface area contributed by atoms with Crippen LogP contribution in [0.4, 0.5) is 4.79 Å². The van der Waals surface area contributed by atoms with Gasteiger partial charge in [-0.1, -0.05) is 0 Å². The summed E-state index contributed by atoms with van der Waals surface area (Å²) in [6, 6.07) is 3.45. The first-order valence-electron chi connectivity index (χ1n) is 6.66. The third kappa shape index (κ3) is 3.26. The molecule has 0 aliphatic carbocycles. The molecule has 1 aromatic rings. The summed E-state index contributed by atoms with van der Waals surface area (Å²) in [4.78, 5) is 28.8. The lowest BCUT2D eigenvalue weighted by molar-refractivity contribution is -0.150. The Bertz CT molecular complexity index is 492. The number of rotatable bonds is 3. The van der Waals surface area contributed by atoms with E-state index >= 15 is 0 Å². The summed E-state index contributed by atoms with van der Waals surface area (Å²) in [5, 5.41) is 12.1. The molecule has 0 aromatic carbocycles. The van der Waals surface area contributed by atoms with Crippen molar-refractivity contribution in [3.8, 4) is 0 Å². The summed E-state index contributed by atoms with van der Waals surface area (Å²) in [5.41, 5.74) is 0.123. The summed E-state index contributed by atoms with van der Waals surface area (Å²) >= 11 is 0. The van der Waals surface area contributed by atoms with Gasteiger partial charge >= 0.3 is 12.0 Å². The van der Waals surface area contributed by atoms with E-state index < -0.39 is 11.4 Å².